The molecule has 1 atom stereocenters. The Morgan fingerprint density at radius 3 is 2.65 bits per heavy atom. The van der Waals surface area contributed by atoms with Crippen LogP contribution in [0.15, 0.2) is 29.3 Å². The molecule has 0 bridgehead atoms. The fraction of sp³-hybridized carbons (Fsp3) is 0.588. The molecule has 132 valence electrons. The van der Waals surface area contributed by atoms with Gasteiger partial charge < -0.3 is 16.0 Å². The maximum atomic E-state index is 13.4. The molecule has 1 aromatic rings. The molecule has 23 heavy (non-hydrogen) atoms. The van der Waals surface area contributed by atoms with Crippen LogP contribution in [0.1, 0.15) is 44.2 Å². The average Bonchev–Trinajstić information content (AvgIpc) is 2.47. The molecule has 1 rings (SSSR count). The molecule has 0 radical (unpaired) electrons. The second-order valence-electron chi connectivity index (χ2n) is 5.75. The number of unbranched alkanes of at least 4 members (excludes halogenated alkanes) is 3. The van der Waals surface area contributed by atoms with Gasteiger partial charge in [-0.2, -0.15) is 0 Å². The molecule has 1 aromatic carbocycles. The summed E-state index contributed by atoms with van der Waals surface area (Å²) in [7, 11) is 3.92. The zero-order valence-corrected chi connectivity index (χ0v) is 16.7. The Morgan fingerprint density at radius 2 is 2.04 bits per heavy atom. The molecule has 0 heterocycles. The lowest BCUT2D eigenvalue weighted by atomic mass is 10.1. The lowest BCUT2D eigenvalue weighted by Gasteiger charge is -2.23. The van der Waals surface area contributed by atoms with Gasteiger partial charge in [-0.3, -0.25) is 4.99 Å². The molecular formula is C17H30FIN4. The molecule has 0 saturated carbocycles. The smallest absolute Gasteiger partial charge is 0.188 e. The highest BCUT2D eigenvalue weighted by molar-refractivity contribution is 14.0. The van der Waals surface area contributed by atoms with Crippen molar-refractivity contribution >= 4 is 29.9 Å². The van der Waals surface area contributed by atoms with Gasteiger partial charge in [0, 0.05) is 6.54 Å². The van der Waals surface area contributed by atoms with Crippen LogP contribution in [0.4, 0.5) is 4.39 Å². The molecule has 0 saturated heterocycles. The van der Waals surface area contributed by atoms with Crippen LogP contribution in [0.3, 0.4) is 0 Å². The fourth-order valence-electron chi connectivity index (χ4n) is 2.29. The van der Waals surface area contributed by atoms with Crippen LogP contribution in [0.25, 0.3) is 0 Å². The van der Waals surface area contributed by atoms with Crippen molar-refractivity contribution in [2.75, 3.05) is 27.2 Å². The quantitative estimate of drug-likeness (QED) is 0.270. The summed E-state index contributed by atoms with van der Waals surface area (Å²) in [5.74, 6) is 0.232. The molecular weight excluding hydrogens is 406 g/mol. The number of hydrogen-bond acceptors (Lipinski definition) is 2. The standard InChI is InChI=1S/C17H29FN4.HI/c1-4-5-6-7-11-20-17(19)21-13-16(22(2)3)14-9-8-10-15(18)12-14;/h8-10,12,16H,4-7,11,13H2,1-3H3,(H3,19,20,21);1H. The molecule has 4 nitrogen and oxygen atoms in total. The number of hydrogen-bond donors (Lipinski definition) is 2. The predicted octanol–water partition coefficient (Wildman–Crippen LogP) is 3.53. The molecule has 0 aromatic heterocycles. The number of aliphatic imine (C=N–C) groups is 1. The fourth-order valence-corrected chi connectivity index (χ4v) is 2.29. The van der Waals surface area contributed by atoms with Gasteiger partial charge in [-0.25, -0.2) is 4.39 Å². The van der Waals surface area contributed by atoms with Gasteiger partial charge in [-0.05, 0) is 38.2 Å². The maximum Gasteiger partial charge on any atom is 0.188 e. The third-order valence-electron chi connectivity index (χ3n) is 3.63. The molecule has 0 aliphatic heterocycles. The van der Waals surface area contributed by atoms with Crippen molar-refractivity contribution in [3.63, 3.8) is 0 Å². The molecule has 0 aliphatic rings. The molecule has 3 N–H and O–H groups in total. The highest BCUT2D eigenvalue weighted by Crippen LogP contribution is 2.19. The SMILES string of the molecule is CCCCCCNC(N)=NCC(c1cccc(F)c1)N(C)C.I. The van der Waals surface area contributed by atoms with E-state index in [4.69, 9.17) is 5.73 Å². The van der Waals surface area contributed by atoms with Crippen LogP contribution in [-0.2, 0) is 0 Å². The summed E-state index contributed by atoms with van der Waals surface area (Å²) in [4.78, 5) is 6.41. The molecule has 0 fully saturated rings. The number of nitrogens with one attached hydrogen (secondary N) is 1. The topological polar surface area (TPSA) is 53.6 Å². The highest BCUT2D eigenvalue weighted by Gasteiger charge is 2.14. The number of halogens is 2. The first-order chi connectivity index (χ1) is 10.5. The van der Waals surface area contributed by atoms with Gasteiger partial charge in [-0.15, -0.1) is 24.0 Å². The lowest BCUT2D eigenvalue weighted by Crippen LogP contribution is -2.33. The molecule has 0 amide bonds. The van der Waals surface area contributed by atoms with E-state index in [1.54, 1.807) is 12.1 Å². The van der Waals surface area contributed by atoms with Crippen molar-refractivity contribution in [1.82, 2.24) is 10.2 Å². The summed E-state index contributed by atoms with van der Waals surface area (Å²) < 4.78 is 13.4. The number of guanidine groups is 1. The van der Waals surface area contributed by atoms with Crippen LogP contribution in [-0.4, -0.2) is 38.0 Å². The monoisotopic (exact) mass is 436 g/mol. The summed E-state index contributed by atoms with van der Waals surface area (Å²) in [6, 6.07) is 6.65. The summed E-state index contributed by atoms with van der Waals surface area (Å²) >= 11 is 0. The first-order valence-electron chi connectivity index (χ1n) is 8.00. The predicted molar refractivity (Wildman–Crippen MR) is 107 cm³/mol. The van der Waals surface area contributed by atoms with E-state index in [9.17, 15) is 4.39 Å². The van der Waals surface area contributed by atoms with E-state index in [0.717, 1.165) is 18.5 Å². The Labute approximate surface area is 156 Å². The van der Waals surface area contributed by atoms with Gasteiger partial charge in [0.05, 0.1) is 12.6 Å². The van der Waals surface area contributed by atoms with Crippen LogP contribution in [0.5, 0.6) is 0 Å². The van der Waals surface area contributed by atoms with E-state index in [2.05, 4.69) is 17.2 Å². The van der Waals surface area contributed by atoms with Crippen LogP contribution in [0.2, 0.25) is 0 Å². The lowest BCUT2D eigenvalue weighted by molar-refractivity contribution is 0.305. The minimum absolute atomic E-state index is 0. The van der Waals surface area contributed by atoms with Crippen molar-refractivity contribution in [1.29, 1.82) is 0 Å². The Morgan fingerprint density at radius 1 is 1.30 bits per heavy atom. The summed E-state index contributed by atoms with van der Waals surface area (Å²) in [5.41, 5.74) is 6.80. The van der Waals surface area contributed by atoms with Crippen LogP contribution < -0.4 is 11.1 Å². The van der Waals surface area contributed by atoms with Crippen molar-refractivity contribution < 1.29 is 4.39 Å². The summed E-state index contributed by atoms with van der Waals surface area (Å²) in [6.45, 7) is 3.54. The maximum absolute atomic E-state index is 13.4. The summed E-state index contributed by atoms with van der Waals surface area (Å²) in [5, 5.41) is 3.13. The molecule has 6 heteroatoms. The molecule has 0 aliphatic carbocycles. The van der Waals surface area contributed by atoms with Gasteiger partial charge >= 0.3 is 0 Å². The first kappa shape index (κ1) is 22.1. The van der Waals surface area contributed by atoms with Crippen molar-refractivity contribution in [3.05, 3.63) is 35.6 Å². The third kappa shape index (κ3) is 9.10. The van der Waals surface area contributed by atoms with Gasteiger partial charge in [0.15, 0.2) is 5.96 Å². The minimum atomic E-state index is -0.227. The second kappa shape index (κ2) is 12.5. The average molecular weight is 436 g/mol. The number of rotatable bonds is 9. The zero-order valence-electron chi connectivity index (χ0n) is 14.4. The van der Waals surface area contributed by atoms with E-state index in [0.29, 0.717) is 12.5 Å². The van der Waals surface area contributed by atoms with E-state index >= 15 is 0 Å². The molecule has 0 spiro atoms. The number of benzene rings is 1. The van der Waals surface area contributed by atoms with Crippen LogP contribution in [0, 0.1) is 5.82 Å². The van der Waals surface area contributed by atoms with Crippen molar-refractivity contribution in [2.45, 2.75) is 38.6 Å². The highest BCUT2D eigenvalue weighted by atomic mass is 127. The van der Waals surface area contributed by atoms with Crippen molar-refractivity contribution in [3.8, 4) is 0 Å². The van der Waals surface area contributed by atoms with Gasteiger partial charge in [-0.1, -0.05) is 38.3 Å². The Hall–Kier alpha value is -0.890. The van der Waals surface area contributed by atoms with Crippen molar-refractivity contribution in [2.24, 2.45) is 10.7 Å². The Balaban J connectivity index is 0.00000484. The third-order valence-corrected chi connectivity index (χ3v) is 3.63. The second-order valence-corrected chi connectivity index (χ2v) is 5.75. The normalized spacial score (nSPS) is 12.8. The minimum Gasteiger partial charge on any atom is -0.370 e. The number of nitrogens with zero attached hydrogens (tertiary/aromatic N) is 2. The Bertz CT molecular complexity index is 466. The van der Waals surface area contributed by atoms with E-state index in [-0.39, 0.29) is 35.8 Å². The number of nitrogens with two attached hydrogens (primary N) is 1. The Kier molecular flexibility index (Phi) is 12.0. The van der Waals surface area contributed by atoms with Gasteiger partial charge in [0.2, 0.25) is 0 Å². The summed E-state index contributed by atoms with van der Waals surface area (Å²) in [6.07, 6.45) is 4.79. The van der Waals surface area contributed by atoms with Crippen LogP contribution >= 0.6 is 24.0 Å². The largest absolute Gasteiger partial charge is 0.370 e. The number of likely N-dealkylation sites (N-methyl/N-ethyl adjacent to an activating group) is 1. The van der Waals surface area contributed by atoms with E-state index in [1.165, 1.54) is 25.3 Å². The van der Waals surface area contributed by atoms with E-state index in [1.807, 2.05) is 25.1 Å². The zero-order chi connectivity index (χ0) is 16.4. The van der Waals surface area contributed by atoms with Gasteiger partial charge in [0.25, 0.3) is 0 Å². The van der Waals surface area contributed by atoms with Gasteiger partial charge in [0.1, 0.15) is 5.82 Å². The van der Waals surface area contributed by atoms with E-state index < -0.39 is 0 Å². The molecule has 1 unspecified atom stereocenters. The first-order valence-corrected chi connectivity index (χ1v) is 8.00.